The molecule has 0 bridgehead atoms. The van der Waals surface area contributed by atoms with E-state index in [2.05, 4.69) is 0 Å². The molecular weight excluding hydrogens is 472 g/mol. The summed E-state index contributed by atoms with van der Waals surface area (Å²) in [5, 5.41) is 0. The lowest BCUT2D eigenvalue weighted by molar-refractivity contribution is -0.233. The minimum Gasteiger partial charge on any atom is -0.462 e. The molecule has 2 spiro atoms. The number of ether oxygens (including phenoxy) is 4. The number of rotatable bonds is 6. The van der Waals surface area contributed by atoms with Crippen LogP contribution in [0.5, 0.6) is 11.5 Å². The highest BCUT2D eigenvalue weighted by atomic mass is 32.3. The number of hydrogen-bond donors (Lipinski definition) is 0. The smallest absolute Gasteiger partial charge is 0.400 e. The highest BCUT2D eigenvalue weighted by Gasteiger charge is 2.46. The van der Waals surface area contributed by atoms with Crippen LogP contribution in [0.15, 0.2) is 48.5 Å². The molecule has 0 radical (unpaired) electrons. The first-order valence-electron chi connectivity index (χ1n) is 12.4. The first-order valence-corrected chi connectivity index (χ1v) is 13.7. The van der Waals surface area contributed by atoms with Crippen molar-refractivity contribution in [2.24, 2.45) is 0 Å². The summed E-state index contributed by atoms with van der Waals surface area (Å²) in [6.45, 7) is -0.390. The average molecular weight is 503 g/mol. The van der Waals surface area contributed by atoms with Gasteiger partial charge in [0.15, 0.2) is 0 Å². The van der Waals surface area contributed by atoms with Gasteiger partial charge in [-0.3, -0.25) is 0 Å². The molecule has 4 aliphatic rings. The fraction of sp³-hybridized carbons (Fsp3) is 0.538. The van der Waals surface area contributed by atoms with Gasteiger partial charge in [0.25, 0.3) is 0 Å². The lowest BCUT2D eigenvalue weighted by Gasteiger charge is -2.40. The first-order chi connectivity index (χ1) is 17.0. The fourth-order valence-electron chi connectivity index (χ4n) is 5.61. The summed E-state index contributed by atoms with van der Waals surface area (Å²) in [6.07, 6.45) is 5.95. The maximum Gasteiger partial charge on any atom is 0.400 e. The zero-order valence-electron chi connectivity index (χ0n) is 19.5. The summed E-state index contributed by atoms with van der Waals surface area (Å²) in [5.74, 6) is -0.0203. The van der Waals surface area contributed by atoms with Crippen LogP contribution in [-0.2, 0) is 28.2 Å². The predicted octanol–water partition coefficient (Wildman–Crippen LogP) is 5.11. The maximum atomic E-state index is 12.7. The third-order valence-corrected chi connectivity index (χ3v) is 8.15. The van der Waals surface area contributed by atoms with Gasteiger partial charge in [0.2, 0.25) is 11.6 Å². The van der Waals surface area contributed by atoms with E-state index in [4.69, 9.17) is 27.3 Å². The van der Waals surface area contributed by atoms with E-state index in [0.29, 0.717) is 11.5 Å². The Morgan fingerprint density at radius 1 is 0.686 bits per heavy atom. The van der Waals surface area contributed by atoms with Crippen molar-refractivity contribution < 1.29 is 35.7 Å². The Balaban J connectivity index is 1.14. The molecule has 2 aromatic rings. The van der Waals surface area contributed by atoms with Crippen LogP contribution in [0.4, 0.5) is 0 Å². The first kappa shape index (κ1) is 23.2. The number of para-hydroxylation sites is 2. The van der Waals surface area contributed by atoms with Crippen molar-refractivity contribution in [1.82, 2.24) is 0 Å². The van der Waals surface area contributed by atoms with Gasteiger partial charge in [-0.2, -0.15) is 8.42 Å². The molecule has 2 aliphatic carbocycles. The van der Waals surface area contributed by atoms with Gasteiger partial charge >= 0.3 is 10.4 Å². The van der Waals surface area contributed by atoms with Gasteiger partial charge in [-0.1, -0.05) is 36.4 Å². The second kappa shape index (κ2) is 9.05. The zero-order chi connectivity index (χ0) is 23.9. The van der Waals surface area contributed by atoms with Gasteiger partial charge in [-0.25, -0.2) is 8.37 Å². The Morgan fingerprint density at radius 3 is 1.51 bits per heavy atom. The van der Waals surface area contributed by atoms with E-state index in [1.807, 2.05) is 48.5 Å². The summed E-state index contributed by atoms with van der Waals surface area (Å²) in [5.41, 5.74) is 1.54. The Labute approximate surface area is 205 Å². The molecular formula is C26H30O8S. The fourth-order valence-corrected chi connectivity index (χ4v) is 6.26. The standard InChI is InChI=1S/C26H30O8S/c27-35(28,29-17-23-19-9-1-3-11-21(19)31-25(33-23)13-5-6-14-25)30-18-24-20-10-2-4-12-22(20)32-26(34-24)15-7-8-16-26/h1-4,9-12,23-24H,5-8,13-18H2. The molecule has 6 rings (SSSR count). The van der Waals surface area contributed by atoms with Crippen LogP contribution < -0.4 is 9.47 Å². The van der Waals surface area contributed by atoms with E-state index < -0.39 is 34.2 Å². The van der Waals surface area contributed by atoms with Gasteiger partial charge in [0.1, 0.15) is 23.7 Å². The molecule has 2 saturated carbocycles. The number of benzene rings is 2. The maximum absolute atomic E-state index is 12.7. The number of hydrogen-bond acceptors (Lipinski definition) is 8. The van der Waals surface area contributed by atoms with Crippen molar-refractivity contribution in [2.45, 2.75) is 75.1 Å². The van der Waals surface area contributed by atoms with E-state index in [1.165, 1.54) is 0 Å². The minimum absolute atomic E-state index is 0.195. The zero-order valence-corrected chi connectivity index (χ0v) is 20.3. The number of fused-ring (bicyclic) bond motifs is 2. The molecule has 2 unspecified atom stereocenters. The van der Waals surface area contributed by atoms with Crippen molar-refractivity contribution in [2.75, 3.05) is 13.2 Å². The molecule has 0 amide bonds. The Kier molecular flexibility index (Phi) is 6.01. The second-order valence-corrected chi connectivity index (χ2v) is 11.0. The van der Waals surface area contributed by atoms with Crippen LogP contribution in [0.3, 0.4) is 0 Å². The average Bonchev–Trinajstić information content (AvgIpc) is 3.50. The molecule has 35 heavy (non-hydrogen) atoms. The molecule has 2 fully saturated rings. The highest BCUT2D eigenvalue weighted by molar-refractivity contribution is 7.81. The molecule has 188 valence electrons. The lowest BCUT2D eigenvalue weighted by Crippen LogP contribution is -2.42. The Bertz CT molecular complexity index is 1080. The topological polar surface area (TPSA) is 89.5 Å². The predicted molar refractivity (Wildman–Crippen MR) is 125 cm³/mol. The summed E-state index contributed by atoms with van der Waals surface area (Å²) in [4.78, 5) is 0. The molecule has 2 heterocycles. The van der Waals surface area contributed by atoms with E-state index in [1.54, 1.807) is 0 Å². The van der Waals surface area contributed by atoms with E-state index in [0.717, 1.165) is 62.5 Å². The second-order valence-electron chi connectivity index (χ2n) is 9.71. The van der Waals surface area contributed by atoms with Crippen LogP contribution >= 0.6 is 0 Å². The van der Waals surface area contributed by atoms with Crippen molar-refractivity contribution in [3.8, 4) is 11.5 Å². The summed E-state index contributed by atoms with van der Waals surface area (Å²) in [7, 11) is -4.30. The van der Waals surface area contributed by atoms with Crippen molar-refractivity contribution in [3.05, 3.63) is 59.7 Å². The summed E-state index contributed by atoms with van der Waals surface area (Å²) < 4.78 is 60.9. The normalized spacial score (nSPS) is 26.2. The molecule has 0 aromatic heterocycles. The van der Waals surface area contributed by atoms with Gasteiger partial charge in [-0.15, -0.1) is 0 Å². The largest absolute Gasteiger partial charge is 0.462 e. The van der Waals surface area contributed by atoms with Gasteiger partial charge in [0, 0.05) is 36.8 Å². The molecule has 0 saturated heterocycles. The van der Waals surface area contributed by atoms with Crippen LogP contribution in [0.2, 0.25) is 0 Å². The van der Waals surface area contributed by atoms with Gasteiger partial charge < -0.3 is 18.9 Å². The van der Waals surface area contributed by atoms with Gasteiger partial charge in [0.05, 0.1) is 13.2 Å². The molecule has 2 aliphatic heterocycles. The Morgan fingerprint density at radius 2 is 1.09 bits per heavy atom. The van der Waals surface area contributed by atoms with Gasteiger partial charge in [-0.05, 0) is 37.8 Å². The van der Waals surface area contributed by atoms with E-state index in [-0.39, 0.29) is 13.2 Å². The van der Waals surface area contributed by atoms with Crippen molar-refractivity contribution >= 4 is 10.4 Å². The van der Waals surface area contributed by atoms with E-state index in [9.17, 15) is 8.42 Å². The van der Waals surface area contributed by atoms with Crippen LogP contribution in [0.25, 0.3) is 0 Å². The molecule has 0 N–H and O–H groups in total. The summed E-state index contributed by atoms with van der Waals surface area (Å²) in [6, 6.07) is 15.0. The van der Waals surface area contributed by atoms with Crippen LogP contribution in [0, 0.1) is 0 Å². The lowest BCUT2D eigenvalue weighted by atomic mass is 10.1. The molecule has 8 nitrogen and oxygen atoms in total. The van der Waals surface area contributed by atoms with Crippen molar-refractivity contribution in [3.63, 3.8) is 0 Å². The molecule has 9 heteroatoms. The van der Waals surface area contributed by atoms with E-state index >= 15 is 0 Å². The van der Waals surface area contributed by atoms with Crippen LogP contribution in [0.1, 0.15) is 74.7 Å². The Hall–Kier alpha value is -2.17. The van der Waals surface area contributed by atoms with Crippen LogP contribution in [-0.4, -0.2) is 33.2 Å². The summed E-state index contributed by atoms with van der Waals surface area (Å²) >= 11 is 0. The monoisotopic (exact) mass is 502 g/mol. The third kappa shape index (κ3) is 4.68. The molecule has 2 atom stereocenters. The third-order valence-electron chi connectivity index (χ3n) is 7.30. The molecule has 2 aromatic carbocycles. The van der Waals surface area contributed by atoms with Crippen molar-refractivity contribution in [1.29, 1.82) is 0 Å². The minimum atomic E-state index is -4.30. The SMILES string of the molecule is O=S(=O)(OCC1OC2(CCCC2)Oc2ccccc21)OCC1OC2(CCCC2)Oc2ccccc21. The quantitative estimate of drug-likeness (QED) is 0.539. The highest BCUT2D eigenvalue weighted by Crippen LogP contribution is 2.47.